The van der Waals surface area contributed by atoms with Crippen molar-refractivity contribution in [1.29, 1.82) is 0 Å². The van der Waals surface area contributed by atoms with Gasteiger partial charge in [0.1, 0.15) is 0 Å². The molecule has 4 aromatic carbocycles. The van der Waals surface area contributed by atoms with Crippen LogP contribution in [0.2, 0.25) is 9.26 Å². The van der Waals surface area contributed by atoms with Crippen LogP contribution >= 0.6 is 17.0 Å². The van der Waals surface area contributed by atoms with E-state index in [1.807, 2.05) is 0 Å². The molecule has 2 unspecified atom stereocenters. The molecule has 0 amide bonds. The second kappa shape index (κ2) is 9.59. The molecule has 0 aromatic heterocycles. The fraction of sp³-hybridized carbons (Fsp3) is 0.333. The zero-order valence-electron chi connectivity index (χ0n) is 29.6. The Hall–Kier alpha value is -1.96. The van der Waals surface area contributed by atoms with Crippen LogP contribution in [-0.4, -0.2) is 7.37 Å². The quantitative estimate of drug-likeness (QED) is 0.183. The molecule has 0 saturated heterocycles. The molecule has 0 fully saturated rings. The third kappa shape index (κ3) is 5.44. The van der Waals surface area contributed by atoms with E-state index in [9.17, 15) is 0 Å². The van der Waals surface area contributed by atoms with Gasteiger partial charge in [-0.15, -0.1) is 0 Å². The van der Waals surface area contributed by atoms with E-state index in [1.54, 1.807) is 0 Å². The summed E-state index contributed by atoms with van der Waals surface area (Å²) in [7, 11) is 18.0. The third-order valence-electron chi connectivity index (χ3n) is 11.2. The van der Waals surface area contributed by atoms with Gasteiger partial charge in [0.05, 0.1) is 0 Å². The van der Waals surface area contributed by atoms with E-state index in [4.69, 9.17) is 17.0 Å². The van der Waals surface area contributed by atoms with Crippen molar-refractivity contribution in [3.05, 3.63) is 129 Å². The standard InChI is InChI=1S/2C20H21.2CH3.2ClH.H3Si.Zr/c2*1-14-12-16-6-5-7-18(19(16)13-14)15-8-10-17(11-9-15)20(2,3)4;;;;;;/h2*5-13H,1-4H3;2*1H3;2*1H;1H3;/q;;;;;;;+2/p-2. The van der Waals surface area contributed by atoms with Crippen LogP contribution in [-0.2, 0) is 23.4 Å². The van der Waals surface area contributed by atoms with Gasteiger partial charge in [0.2, 0.25) is 0 Å². The maximum atomic E-state index is 8.64. The molecular formula is C42H51Cl2SiZr. The van der Waals surface area contributed by atoms with Crippen LogP contribution in [0.3, 0.4) is 0 Å². The third-order valence-corrected chi connectivity index (χ3v) is 39.2. The van der Waals surface area contributed by atoms with Gasteiger partial charge in [-0.2, -0.15) is 0 Å². The molecular weight excluding hydrogens is 695 g/mol. The van der Waals surface area contributed by atoms with E-state index >= 15 is 0 Å². The summed E-state index contributed by atoms with van der Waals surface area (Å²) in [6.07, 6.45) is 4.77. The second-order valence-electron chi connectivity index (χ2n) is 19.0. The van der Waals surface area contributed by atoms with Crippen LogP contribution in [0.5, 0.6) is 0 Å². The Kier molecular flexibility index (Phi) is 7.08. The van der Waals surface area contributed by atoms with Crippen molar-refractivity contribution in [2.45, 2.75) is 82.7 Å². The van der Waals surface area contributed by atoms with Crippen molar-refractivity contribution in [3.8, 4) is 22.3 Å². The summed E-state index contributed by atoms with van der Waals surface area (Å²) in [6.45, 7) is 18.1. The van der Waals surface area contributed by atoms with Crippen molar-refractivity contribution in [3.63, 3.8) is 0 Å². The fourth-order valence-corrected chi connectivity index (χ4v) is 44.1. The summed E-state index contributed by atoms with van der Waals surface area (Å²) in [5, 5.41) is 0. The normalized spacial score (nSPS) is 20.6. The number of hydrogen-bond acceptors (Lipinski definition) is 0. The van der Waals surface area contributed by atoms with Gasteiger partial charge in [0.25, 0.3) is 0 Å². The Labute approximate surface area is 281 Å². The van der Waals surface area contributed by atoms with Gasteiger partial charge in [0.15, 0.2) is 0 Å². The first-order valence-corrected chi connectivity index (χ1v) is 39.4. The topological polar surface area (TPSA) is 0 Å². The van der Waals surface area contributed by atoms with Crippen molar-refractivity contribution in [2.24, 2.45) is 0 Å². The van der Waals surface area contributed by atoms with E-state index in [1.165, 1.54) is 66.8 Å². The molecule has 4 aromatic rings. The SMILES string of the molecule is CC1=Cc2c(-c3ccc(C(C)(C)C)cc3)cccc2[CH]1[Zr]([CH3])([CH3])([SiH3])([Cl])([Cl])[CH]1C(C)=Cc2c(-c3ccc(C(C)(C)C)cc3)cccc21. The summed E-state index contributed by atoms with van der Waals surface area (Å²) < 4.78 is 4.64. The van der Waals surface area contributed by atoms with E-state index < -0.39 is 12.6 Å². The number of benzene rings is 4. The molecule has 0 radical (unpaired) electrons. The molecule has 2 aliphatic rings. The minimum absolute atomic E-state index is 0.0235. The predicted molar refractivity (Wildman–Crippen MR) is 207 cm³/mol. The monoisotopic (exact) mass is 743 g/mol. The number of rotatable bonds is 4. The fourth-order valence-electron chi connectivity index (χ4n) is 9.39. The van der Waals surface area contributed by atoms with Crippen molar-refractivity contribution >= 4 is 36.5 Å². The number of hydrogen-bond donors (Lipinski definition) is 0. The molecule has 2 atom stereocenters. The van der Waals surface area contributed by atoms with Crippen LogP contribution in [0.25, 0.3) is 34.4 Å². The van der Waals surface area contributed by atoms with E-state index in [-0.39, 0.29) is 18.1 Å². The summed E-state index contributed by atoms with van der Waals surface area (Å²) in [5.41, 5.74) is 15.6. The summed E-state index contributed by atoms with van der Waals surface area (Å²) in [4.78, 5) is 0. The molecule has 46 heavy (non-hydrogen) atoms. The van der Waals surface area contributed by atoms with Gasteiger partial charge >= 0.3 is 284 Å². The molecule has 0 bridgehead atoms. The first kappa shape index (κ1) is 33.9. The summed E-state index contributed by atoms with van der Waals surface area (Å²) in [6, 6.07) is 31.7. The van der Waals surface area contributed by atoms with Gasteiger partial charge in [-0.05, 0) is 0 Å². The molecule has 6 rings (SSSR count). The second-order valence-corrected chi connectivity index (χ2v) is 101. The van der Waals surface area contributed by atoms with E-state index in [2.05, 4.69) is 162 Å². The van der Waals surface area contributed by atoms with Gasteiger partial charge in [0, 0.05) is 0 Å². The van der Waals surface area contributed by atoms with Crippen molar-refractivity contribution < 1.29 is 12.6 Å². The Morgan fingerprint density at radius 2 is 0.870 bits per heavy atom. The Bertz CT molecular complexity index is 1830. The van der Waals surface area contributed by atoms with Gasteiger partial charge < -0.3 is 0 Å². The van der Waals surface area contributed by atoms with E-state index in [0.29, 0.717) is 7.37 Å². The van der Waals surface area contributed by atoms with Crippen LogP contribution in [0, 0.1) is 0 Å². The molecule has 0 saturated carbocycles. The average molecular weight is 746 g/mol. The predicted octanol–water partition coefficient (Wildman–Crippen LogP) is 12.7. The van der Waals surface area contributed by atoms with Crippen LogP contribution in [0.4, 0.5) is 0 Å². The summed E-state index contributed by atoms with van der Waals surface area (Å²) >= 11 is -5.75. The van der Waals surface area contributed by atoms with Crippen molar-refractivity contribution in [1.82, 2.24) is 0 Å². The average Bonchev–Trinajstić information content (AvgIpc) is 3.49. The van der Waals surface area contributed by atoms with Crippen molar-refractivity contribution in [2.75, 3.05) is 0 Å². The zero-order chi connectivity index (χ0) is 33.8. The zero-order valence-corrected chi connectivity index (χ0v) is 35.6. The molecule has 0 N–H and O–H groups in total. The number of allylic oxidation sites excluding steroid dienone is 2. The van der Waals surface area contributed by atoms with Crippen LogP contribution in [0.15, 0.2) is 96.1 Å². The maximum absolute atomic E-state index is 8.64. The van der Waals surface area contributed by atoms with Crippen LogP contribution < -0.4 is 0 Å². The molecule has 0 heterocycles. The van der Waals surface area contributed by atoms with Gasteiger partial charge in [-0.3, -0.25) is 0 Å². The summed E-state index contributed by atoms with van der Waals surface area (Å²) in [5.74, 6) is 0. The van der Waals surface area contributed by atoms with E-state index in [0.717, 1.165) is 0 Å². The Morgan fingerprint density at radius 3 is 1.17 bits per heavy atom. The first-order chi connectivity index (χ1) is 20.9. The van der Waals surface area contributed by atoms with Gasteiger partial charge in [-0.25, -0.2) is 0 Å². The molecule has 0 aliphatic heterocycles. The first-order valence-electron chi connectivity index (χ1n) is 16.9. The molecule has 241 valence electrons. The Balaban J connectivity index is 1.50. The number of halogens is 2. The molecule has 0 spiro atoms. The Morgan fingerprint density at radius 1 is 0.543 bits per heavy atom. The van der Waals surface area contributed by atoms with Gasteiger partial charge in [-0.1, -0.05) is 0 Å². The van der Waals surface area contributed by atoms with Crippen LogP contribution in [0.1, 0.15) is 96.0 Å². The molecule has 2 aliphatic carbocycles. The minimum atomic E-state index is -5.75. The molecule has 4 heteroatoms. The molecule has 0 nitrogen and oxygen atoms in total. The number of fused-ring (bicyclic) bond motifs is 2.